The van der Waals surface area contributed by atoms with Crippen molar-refractivity contribution >= 4 is 12.0 Å². The summed E-state index contributed by atoms with van der Waals surface area (Å²) in [5, 5.41) is 9.89. The van der Waals surface area contributed by atoms with Gasteiger partial charge in [0.1, 0.15) is 0 Å². The molecule has 7 heteroatoms. The quantitative estimate of drug-likeness (QED) is 0.744. The van der Waals surface area contributed by atoms with Crippen LogP contribution in [0, 0.1) is 5.92 Å². The number of hydrogen-bond acceptors (Lipinski definition) is 5. The molecule has 0 aromatic heterocycles. The number of carbonyl (C=O) groups excluding carboxylic acids is 2. The lowest BCUT2D eigenvalue weighted by Crippen LogP contribution is -2.47. The highest BCUT2D eigenvalue weighted by Gasteiger charge is 2.31. The maximum atomic E-state index is 13.7. The van der Waals surface area contributed by atoms with Gasteiger partial charge in [-0.15, -0.1) is 0 Å². The largest absolute Gasteiger partial charge is 0.450 e. The molecule has 2 aromatic carbocycles. The molecule has 0 fully saturated rings. The van der Waals surface area contributed by atoms with Crippen molar-refractivity contribution in [3.63, 3.8) is 0 Å². The van der Waals surface area contributed by atoms with Crippen molar-refractivity contribution < 1.29 is 24.2 Å². The number of carbonyl (C=O) groups is 2. The van der Waals surface area contributed by atoms with Crippen molar-refractivity contribution in [1.82, 2.24) is 9.80 Å². The number of benzene rings is 2. The molecule has 1 aliphatic heterocycles. The second-order valence-electron chi connectivity index (χ2n) is 8.60. The number of rotatable bonds is 5. The van der Waals surface area contributed by atoms with Crippen LogP contribution in [0.1, 0.15) is 36.7 Å². The molecule has 0 unspecified atom stereocenters. The standard InChI is InChI=1S/C26H34N2O5/c1-5-32-26(31)27(4)15-24-18(2)14-28(19(3)16-29)25(30)23-13-9-8-12-22(23)21-11-7-6-10-20(21)17-33-24/h6-13,18-19,24,29H,5,14-17H2,1-4H3/t18-,19+,24+/m0/s1. The van der Waals surface area contributed by atoms with Crippen molar-refractivity contribution in [3.05, 3.63) is 59.7 Å². The normalized spacial score (nSPS) is 19.7. The van der Waals surface area contributed by atoms with E-state index in [-0.39, 0.29) is 30.6 Å². The second kappa shape index (κ2) is 11.3. The van der Waals surface area contributed by atoms with E-state index in [1.165, 1.54) is 4.90 Å². The van der Waals surface area contributed by atoms with Gasteiger partial charge in [-0.05, 0) is 36.6 Å². The molecule has 2 amide bonds. The molecule has 7 nitrogen and oxygen atoms in total. The Hall–Kier alpha value is -2.90. The van der Waals surface area contributed by atoms with Crippen LogP contribution in [-0.2, 0) is 16.1 Å². The lowest BCUT2D eigenvalue weighted by atomic mass is 9.94. The number of nitrogens with zero attached hydrogens (tertiary/aromatic N) is 2. The molecule has 0 radical (unpaired) electrons. The zero-order chi connectivity index (χ0) is 24.0. The Morgan fingerprint density at radius 3 is 2.48 bits per heavy atom. The molecule has 1 N–H and O–H groups in total. The van der Waals surface area contributed by atoms with Crippen LogP contribution in [0.4, 0.5) is 4.79 Å². The zero-order valence-corrected chi connectivity index (χ0v) is 19.9. The van der Waals surface area contributed by atoms with Gasteiger partial charge in [0, 0.05) is 25.1 Å². The van der Waals surface area contributed by atoms with Crippen molar-refractivity contribution in [3.8, 4) is 11.1 Å². The number of ether oxygens (including phenoxy) is 2. The summed E-state index contributed by atoms with van der Waals surface area (Å²) in [5.41, 5.74) is 3.34. The van der Waals surface area contributed by atoms with E-state index in [2.05, 4.69) is 0 Å². The van der Waals surface area contributed by atoms with Crippen molar-refractivity contribution in [2.75, 3.05) is 33.4 Å². The number of amides is 2. The minimum Gasteiger partial charge on any atom is -0.450 e. The molecule has 0 bridgehead atoms. The number of aliphatic hydroxyl groups is 1. The molecule has 0 spiro atoms. The molecule has 1 aliphatic rings. The number of likely N-dealkylation sites (N-methyl/N-ethyl adjacent to an activating group) is 1. The van der Waals surface area contributed by atoms with Crippen molar-refractivity contribution in [2.24, 2.45) is 5.92 Å². The molecule has 0 saturated heterocycles. The summed E-state index contributed by atoms with van der Waals surface area (Å²) in [7, 11) is 1.68. The monoisotopic (exact) mass is 454 g/mol. The average molecular weight is 455 g/mol. The first-order valence-electron chi connectivity index (χ1n) is 11.5. The van der Waals surface area contributed by atoms with Gasteiger partial charge in [0.25, 0.3) is 5.91 Å². The van der Waals surface area contributed by atoms with Gasteiger partial charge in [0.2, 0.25) is 0 Å². The molecule has 33 heavy (non-hydrogen) atoms. The second-order valence-corrected chi connectivity index (χ2v) is 8.60. The highest BCUT2D eigenvalue weighted by atomic mass is 16.6. The van der Waals surface area contributed by atoms with Crippen molar-refractivity contribution in [1.29, 1.82) is 0 Å². The Labute approximate surface area is 195 Å². The van der Waals surface area contributed by atoms with E-state index in [4.69, 9.17) is 9.47 Å². The van der Waals surface area contributed by atoms with Crippen LogP contribution < -0.4 is 0 Å². The molecule has 178 valence electrons. The summed E-state index contributed by atoms with van der Waals surface area (Å²) in [6, 6.07) is 15.1. The fraction of sp³-hybridized carbons (Fsp3) is 0.462. The topological polar surface area (TPSA) is 79.3 Å². The first-order chi connectivity index (χ1) is 15.9. The van der Waals surface area contributed by atoms with Gasteiger partial charge in [0.05, 0.1) is 38.5 Å². The van der Waals surface area contributed by atoms with E-state index in [0.29, 0.717) is 31.9 Å². The SMILES string of the molecule is CCOC(=O)N(C)C[C@H]1OCc2ccccc2-c2ccccc2C(=O)N([C@H](C)CO)C[C@@H]1C. The van der Waals surface area contributed by atoms with Gasteiger partial charge in [-0.25, -0.2) is 4.79 Å². The van der Waals surface area contributed by atoms with Crippen LogP contribution in [0.15, 0.2) is 48.5 Å². The third-order valence-electron chi connectivity index (χ3n) is 6.13. The Morgan fingerprint density at radius 2 is 1.82 bits per heavy atom. The van der Waals surface area contributed by atoms with E-state index in [0.717, 1.165) is 16.7 Å². The molecular formula is C26H34N2O5. The smallest absolute Gasteiger partial charge is 0.409 e. The number of fused-ring (bicyclic) bond motifs is 3. The fourth-order valence-electron chi connectivity index (χ4n) is 4.13. The zero-order valence-electron chi connectivity index (χ0n) is 19.9. The Balaban J connectivity index is 2.04. The van der Waals surface area contributed by atoms with E-state index in [1.807, 2.05) is 62.4 Å². The number of hydrogen-bond donors (Lipinski definition) is 1. The van der Waals surface area contributed by atoms with Crippen LogP contribution in [0.2, 0.25) is 0 Å². The van der Waals surface area contributed by atoms with Crippen LogP contribution in [0.3, 0.4) is 0 Å². The van der Waals surface area contributed by atoms with Crippen LogP contribution in [-0.4, -0.2) is 72.4 Å². The van der Waals surface area contributed by atoms with Gasteiger partial charge in [-0.3, -0.25) is 4.79 Å². The van der Waals surface area contributed by atoms with E-state index in [9.17, 15) is 14.7 Å². The molecule has 1 heterocycles. The van der Waals surface area contributed by atoms with Crippen molar-refractivity contribution in [2.45, 2.75) is 39.5 Å². The van der Waals surface area contributed by atoms with Gasteiger partial charge < -0.3 is 24.4 Å². The third-order valence-corrected chi connectivity index (χ3v) is 6.13. The highest BCUT2D eigenvalue weighted by molar-refractivity contribution is 6.01. The minimum atomic E-state index is -0.410. The molecule has 0 aliphatic carbocycles. The predicted octanol–water partition coefficient (Wildman–Crippen LogP) is 3.80. The van der Waals surface area contributed by atoms with Gasteiger partial charge in [-0.1, -0.05) is 49.4 Å². The maximum absolute atomic E-state index is 13.7. The summed E-state index contributed by atoms with van der Waals surface area (Å²) < 4.78 is 11.5. The van der Waals surface area contributed by atoms with E-state index < -0.39 is 6.09 Å². The lowest BCUT2D eigenvalue weighted by molar-refractivity contribution is -0.0227. The van der Waals surface area contributed by atoms with E-state index in [1.54, 1.807) is 18.9 Å². The molecule has 2 aromatic rings. The maximum Gasteiger partial charge on any atom is 0.409 e. The van der Waals surface area contributed by atoms with Gasteiger partial charge in [-0.2, -0.15) is 0 Å². The average Bonchev–Trinajstić information content (AvgIpc) is 2.85. The van der Waals surface area contributed by atoms with Gasteiger partial charge in [0.15, 0.2) is 0 Å². The minimum absolute atomic E-state index is 0.0998. The van der Waals surface area contributed by atoms with Crippen LogP contribution in [0.5, 0.6) is 0 Å². The summed E-state index contributed by atoms with van der Waals surface area (Å²) in [6.07, 6.45) is -0.748. The Morgan fingerprint density at radius 1 is 1.18 bits per heavy atom. The first-order valence-corrected chi connectivity index (χ1v) is 11.5. The lowest BCUT2D eigenvalue weighted by Gasteiger charge is -2.35. The van der Waals surface area contributed by atoms with Gasteiger partial charge >= 0.3 is 6.09 Å². The summed E-state index contributed by atoms with van der Waals surface area (Å²) in [4.78, 5) is 29.2. The molecular weight excluding hydrogens is 420 g/mol. The summed E-state index contributed by atoms with van der Waals surface area (Å²) in [6.45, 7) is 6.81. The summed E-state index contributed by atoms with van der Waals surface area (Å²) in [5.74, 6) is -0.231. The Bertz CT molecular complexity index is 963. The fourth-order valence-corrected chi connectivity index (χ4v) is 4.13. The van der Waals surface area contributed by atoms with Crippen LogP contribution in [0.25, 0.3) is 11.1 Å². The summed E-state index contributed by atoms with van der Waals surface area (Å²) >= 11 is 0. The molecule has 3 atom stereocenters. The molecule has 0 saturated carbocycles. The molecule has 3 rings (SSSR count). The van der Waals surface area contributed by atoms with E-state index >= 15 is 0 Å². The highest BCUT2D eigenvalue weighted by Crippen LogP contribution is 2.31. The third kappa shape index (κ3) is 5.72. The number of aliphatic hydroxyl groups excluding tert-OH is 1. The first kappa shape index (κ1) is 24.7. The van der Waals surface area contributed by atoms with Crippen LogP contribution >= 0.6 is 0 Å². The Kier molecular flexibility index (Phi) is 8.47. The predicted molar refractivity (Wildman–Crippen MR) is 127 cm³/mol.